The lowest BCUT2D eigenvalue weighted by Gasteiger charge is -2.12. The van der Waals surface area contributed by atoms with Gasteiger partial charge in [-0.1, -0.05) is 18.2 Å². The maximum atomic E-state index is 12.6. The average Bonchev–Trinajstić information content (AvgIpc) is 3.34. The summed E-state index contributed by atoms with van der Waals surface area (Å²) in [4.78, 5) is 17.1. The van der Waals surface area contributed by atoms with Crippen molar-refractivity contribution in [2.75, 3.05) is 13.2 Å². The number of imidazole rings is 1. The molecule has 4 aromatic rings. The molecule has 0 atom stereocenters. The number of hydrogen-bond donors (Lipinski definition) is 0. The van der Waals surface area contributed by atoms with Crippen LogP contribution in [0.5, 0.6) is 6.01 Å². The molecule has 0 saturated heterocycles. The van der Waals surface area contributed by atoms with Crippen molar-refractivity contribution >= 4 is 17.0 Å². The van der Waals surface area contributed by atoms with E-state index in [9.17, 15) is 10.1 Å². The van der Waals surface area contributed by atoms with E-state index in [1.165, 1.54) is 0 Å². The molecular formula is C25H24N4O3. The normalized spacial score (nSPS) is 10.8. The minimum Gasteiger partial charge on any atom is -0.465 e. The second kappa shape index (κ2) is 8.98. The van der Waals surface area contributed by atoms with Crippen molar-refractivity contribution in [3.63, 3.8) is 0 Å². The van der Waals surface area contributed by atoms with Crippen molar-refractivity contribution in [1.82, 2.24) is 14.1 Å². The first-order valence-corrected chi connectivity index (χ1v) is 10.5. The van der Waals surface area contributed by atoms with E-state index in [0.29, 0.717) is 48.1 Å². The molecule has 0 fully saturated rings. The van der Waals surface area contributed by atoms with Gasteiger partial charge in [-0.2, -0.15) is 10.2 Å². The molecule has 0 N–H and O–H groups in total. The Kier molecular flexibility index (Phi) is 5.95. The molecule has 7 heteroatoms. The number of carbonyl (C=O) groups excluding carboxylic acids is 1. The van der Waals surface area contributed by atoms with Crippen LogP contribution in [-0.4, -0.2) is 33.3 Å². The molecule has 2 heterocycles. The van der Waals surface area contributed by atoms with Crippen molar-refractivity contribution in [2.24, 2.45) is 0 Å². The van der Waals surface area contributed by atoms with Crippen LogP contribution < -0.4 is 4.74 Å². The molecule has 0 radical (unpaired) electrons. The number of esters is 1. The van der Waals surface area contributed by atoms with E-state index in [4.69, 9.17) is 9.47 Å². The van der Waals surface area contributed by atoms with Crippen LogP contribution in [0.25, 0.3) is 16.7 Å². The number of nitrogens with zero attached hydrogens (tertiary/aromatic N) is 4. The minimum absolute atomic E-state index is 0.298. The quantitative estimate of drug-likeness (QED) is 0.401. The standard InChI is InChI=1S/C25H24N4O3/c1-4-31-24(30)21-7-6-8-22-23(21)29(25(27-22)32-5-2)16-18-9-11-19(12-10-18)28-15-17(3)13-20(28)14-26/h6-13,15H,4-5,16H2,1-3H3. The maximum absolute atomic E-state index is 12.6. The zero-order valence-corrected chi connectivity index (χ0v) is 18.3. The zero-order chi connectivity index (χ0) is 22.7. The highest BCUT2D eigenvalue weighted by atomic mass is 16.5. The maximum Gasteiger partial charge on any atom is 0.340 e. The van der Waals surface area contributed by atoms with Gasteiger partial charge in [-0.25, -0.2) is 4.79 Å². The summed E-state index contributed by atoms with van der Waals surface area (Å²) >= 11 is 0. The van der Waals surface area contributed by atoms with Crippen LogP contribution >= 0.6 is 0 Å². The van der Waals surface area contributed by atoms with E-state index in [1.54, 1.807) is 19.1 Å². The summed E-state index contributed by atoms with van der Waals surface area (Å²) in [6.07, 6.45) is 1.94. The summed E-state index contributed by atoms with van der Waals surface area (Å²) in [5.74, 6) is -0.385. The van der Waals surface area contributed by atoms with Gasteiger partial charge in [0, 0.05) is 11.9 Å². The van der Waals surface area contributed by atoms with Crippen molar-refractivity contribution in [1.29, 1.82) is 5.26 Å². The van der Waals surface area contributed by atoms with Crippen molar-refractivity contribution in [3.05, 3.63) is 77.1 Å². The Balaban J connectivity index is 1.74. The minimum atomic E-state index is -0.385. The molecular weight excluding hydrogens is 404 g/mol. The smallest absolute Gasteiger partial charge is 0.340 e. The van der Waals surface area contributed by atoms with E-state index in [1.807, 2.05) is 65.6 Å². The molecule has 2 aromatic heterocycles. The molecule has 0 aliphatic heterocycles. The Morgan fingerprint density at radius 2 is 1.91 bits per heavy atom. The van der Waals surface area contributed by atoms with E-state index in [0.717, 1.165) is 16.8 Å². The van der Waals surface area contributed by atoms with Gasteiger partial charge in [0.1, 0.15) is 11.8 Å². The van der Waals surface area contributed by atoms with Crippen LogP contribution in [0.1, 0.15) is 41.0 Å². The van der Waals surface area contributed by atoms with Crippen LogP contribution in [-0.2, 0) is 11.3 Å². The van der Waals surface area contributed by atoms with Gasteiger partial charge in [0.15, 0.2) is 0 Å². The van der Waals surface area contributed by atoms with Crippen molar-refractivity contribution in [2.45, 2.75) is 27.3 Å². The molecule has 4 rings (SSSR count). The number of ether oxygens (including phenoxy) is 2. The highest BCUT2D eigenvalue weighted by molar-refractivity contribution is 6.02. The number of aryl methyl sites for hydroxylation is 1. The number of rotatable bonds is 7. The van der Waals surface area contributed by atoms with Gasteiger partial charge in [-0.05, 0) is 62.2 Å². The topological polar surface area (TPSA) is 82.1 Å². The number of benzene rings is 2. The molecule has 0 saturated carbocycles. The summed E-state index contributed by atoms with van der Waals surface area (Å²) in [5, 5.41) is 9.38. The zero-order valence-electron chi connectivity index (χ0n) is 18.3. The average molecular weight is 428 g/mol. The molecule has 162 valence electrons. The summed E-state index contributed by atoms with van der Waals surface area (Å²) in [7, 11) is 0. The second-order valence-corrected chi connectivity index (χ2v) is 7.36. The predicted octanol–water partition coefficient (Wildman–Crippen LogP) is 4.63. The molecule has 0 spiro atoms. The van der Waals surface area contributed by atoms with Crippen molar-refractivity contribution < 1.29 is 14.3 Å². The number of para-hydroxylation sites is 1. The molecule has 0 aliphatic rings. The summed E-state index contributed by atoms with van der Waals surface area (Å²) in [6, 6.07) is 17.9. The summed E-state index contributed by atoms with van der Waals surface area (Å²) < 4.78 is 14.8. The highest BCUT2D eigenvalue weighted by Crippen LogP contribution is 2.27. The fourth-order valence-electron chi connectivity index (χ4n) is 3.76. The number of hydrogen-bond acceptors (Lipinski definition) is 5. The van der Waals surface area contributed by atoms with E-state index in [2.05, 4.69) is 11.1 Å². The van der Waals surface area contributed by atoms with E-state index >= 15 is 0 Å². The third-order valence-corrected chi connectivity index (χ3v) is 5.13. The largest absolute Gasteiger partial charge is 0.465 e. The Hall–Kier alpha value is -4.05. The van der Waals surface area contributed by atoms with Gasteiger partial charge in [-0.15, -0.1) is 0 Å². The van der Waals surface area contributed by atoms with Gasteiger partial charge in [0.25, 0.3) is 6.01 Å². The molecule has 0 aliphatic carbocycles. The Morgan fingerprint density at radius 3 is 2.59 bits per heavy atom. The lowest BCUT2D eigenvalue weighted by Crippen LogP contribution is -2.10. The lowest BCUT2D eigenvalue weighted by atomic mass is 10.1. The number of nitriles is 1. The Labute approximate surface area is 186 Å². The highest BCUT2D eigenvalue weighted by Gasteiger charge is 2.20. The molecule has 0 unspecified atom stereocenters. The molecule has 0 bridgehead atoms. The van der Waals surface area contributed by atoms with Crippen LogP contribution in [0.3, 0.4) is 0 Å². The van der Waals surface area contributed by atoms with Gasteiger partial charge in [0.2, 0.25) is 0 Å². The summed E-state index contributed by atoms with van der Waals surface area (Å²) in [6.45, 7) is 6.88. The van der Waals surface area contributed by atoms with Gasteiger partial charge < -0.3 is 14.0 Å². The third kappa shape index (κ3) is 3.95. The van der Waals surface area contributed by atoms with E-state index in [-0.39, 0.29) is 5.97 Å². The van der Waals surface area contributed by atoms with Crippen molar-refractivity contribution in [3.8, 4) is 17.8 Å². The molecule has 7 nitrogen and oxygen atoms in total. The van der Waals surface area contributed by atoms with Gasteiger partial charge in [0.05, 0.1) is 36.4 Å². The first-order valence-electron chi connectivity index (χ1n) is 10.5. The lowest BCUT2D eigenvalue weighted by molar-refractivity contribution is 0.0528. The summed E-state index contributed by atoms with van der Waals surface area (Å²) in [5.41, 5.74) is 5.36. The molecule has 2 aromatic carbocycles. The van der Waals surface area contributed by atoms with Crippen LogP contribution in [0.2, 0.25) is 0 Å². The van der Waals surface area contributed by atoms with Crippen LogP contribution in [0, 0.1) is 18.3 Å². The number of aromatic nitrogens is 3. The second-order valence-electron chi connectivity index (χ2n) is 7.36. The van der Waals surface area contributed by atoms with Gasteiger partial charge in [-0.3, -0.25) is 4.57 Å². The predicted molar refractivity (Wildman–Crippen MR) is 121 cm³/mol. The molecule has 0 amide bonds. The fraction of sp³-hybridized carbons (Fsp3) is 0.240. The van der Waals surface area contributed by atoms with Gasteiger partial charge >= 0.3 is 5.97 Å². The Bertz CT molecular complexity index is 1310. The van der Waals surface area contributed by atoms with Crippen LogP contribution in [0.15, 0.2) is 54.7 Å². The first kappa shape index (κ1) is 21.2. The van der Waals surface area contributed by atoms with Crippen LogP contribution in [0.4, 0.5) is 0 Å². The fourth-order valence-corrected chi connectivity index (χ4v) is 3.76. The molecule has 32 heavy (non-hydrogen) atoms. The SMILES string of the molecule is CCOC(=O)c1cccc2nc(OCC)n(Cc3ccc(-n4cc(C)cc4C#N)cc3)c12. The van der Waals surface area contributed by atoms with E-state index < -0.39 is 0 Å². The first-order chi connectivity index (χ1) is 15.5. The number of fused-ring (bicyclic) bond motifs is 1. The Morgan fingerprint density at radius 1 is 1.12 bits per heavy atom. The monoisotopic (exact) mass is 428 g/mol. The third-order valence-electron chi connectivity index (χ3n) is 5.13. The number of carbonyl (C=O) groups is 1.